The third-order valence-corrected chi connectivity index (χ3v) is 13.9. The van der Waals surface area contributed by atoms with Gasteiger partial charge in [0.05, 0.1) is 49.3 Å². The molecule has 1 aromatic heterocycles. The molecule has 16 nitrogen and oxygen atoms in total. The molecule has 0 bridgehead atoms. The van der Waals surface area contributed by atoms with Crippen molar-refractivity contribution in [3.63, 3.8) is 0 Å². The number of phenolic OH excluding ortho intramolecular Hbond substituents is 1. The fourth-order valence-corrected chi connectivity index (χ4v) is 10.2. The average Bonchev–Trinajstić information content (AvgIpc) is 3.66. The summed E-state index contributed by atoms with van der Waals surface area (Å²) in [5.74, 6) is 10.3. The Labute approximate surface area is 397 Å². The van der Waals surface area contributed by atoms with E-state index in [-0.39, 0.29) is 64.1 Å². The Morgan fingerprint density at radius 1 is 1.10 bits per heavy atom. The number of fused-ring (bicyclic) bond motifs is 3. The predicted octanol–water partition coefficient (Wildman–Crippen LogP) is 5.05. The lowest BCUT2D eigenvalue weighted by Gasteiger charge is -2.51. The molecule has 67 heavy (non-hydrogen) atoms. The van der Waals surface area contributed by atoms with Crippen LogP contribution in [0.4, 0.5) is 4.79 Å². The van der Waals surface area contributed by atoms with Gasteiger partial charge in [-0.1, -0.05) is 61.6 Å². The first-order chi connectivity index (χ1) is 32.1. The first-order valence-corrected chi connectivity index (χ1v) is 23.9. The molecule has 2 aliphatic heterocycles. The number of carbonyl (C=O) groups excluding carboxylic acids is 4. The number of rotatable bonds is 14. The van der Waals surface area contributed by atoms with Crippen LogP contribution in [-0.2, 0) is 38.0 Å². The van der Waals surface area contributed by atoms with Crippen LogP contribution in [0.3, 0.4) is 0 Å². The van der Waals surface area contributed by atoms with Gasteiger partial charge in [0.1, 0.15) is 28.8 Å². The van der Waals surface area contributed by atoms with E-state index in [1.54, 1.807) is 63.6 Å². The summed E-state index contributed by atoms with van der Waals surface area (Å²) in [5.41, 5.74) is 1.19. The van der Waals surface area contributed by atoms with Crippen molar-refractivity contribution in [3.8, 4) is 29.4 Å². The number of benzene rings is 2. The van der Waals surface area contributed by atoms with Gasteiger partial charge in [-0.3, -0.25) is 19.7 Å². The van der Waals surface area contributed by atoms with Gasteiger partial charge in [0.2, 0.25) is 0 Å². The van der Waals surface area contributed by atoms with Crippen molar-refractivity contribution in [2.75, 3.05) is 32.8 Å². The van der Waals surface area contributed by atoms with Crippen LogP contribution in [0.1, 0.15) is 57.8 Å². The fraction of sp³-hybridized carbons (Fsp3) is 0.469. The van der Waals surface area contributed by atoms with Crippen LogP contribution < -0.4 is 10.6 Å². The quantitative estimate of drug-likeness (QED) is 0.0919. The van der Waals surface area contributed by atoms with Gasteiger partial charge in [0.15, 0.2) is 29.3 Å². The van der Waals surface area contributed by atoms with Gasteiger partial charge < -0.3 is 54.0 Å². The van der Waals surface area contributed by atoms with Crippen molar-refractivity contribution in [2.24, 2.45) is 0 Å². The first kappa shape index (κ1) is 51.4. The molecule has 2 saturated heterocycles. The SMILES string of the molecule is CC#C/C=C\C#C[C@H](OC1OC(C)C(SC)(C(=O)c2cccc3c2[nH]c2ccc(O)cc23)C(O)C1OC1CC(OC)C(NC(C)C)CO1)C1=C(NC(=O)OC)C(=O)C[C@H](O)/C1=C/CSC(C)=O. The molecule has 6 rings (SSSR count). The summed E-state index contributed by atoms with van der Waals surface area (Å²) in [4.78, 5) is 57.3. The van der Waals surface area contributed by atoms with Crippen molar-refractivity contribution in [2.45, 2.75) is 113 Å². The van der Waals surface area contributed by atoms with Crippen LogP contribution in [-0.4, -0.2) is 142 Å². The van der Waals surface area contributed by atoms with Gasteiger partial charge >= 0.3 is 6.09 Å². The number of ketones is 2. The Bertz CT molecular complexity index is 2570. The number of thioether (sulfide) groups is 2. The van der Waals surface area contributed by atoms with Crippen LogP contribution in [0, 0.1) is 23.7 Å². The highest BCUT2D eigenvalue weighted by Crippen LogP contribution is 2.46. The number of aliphatic hydroxyl groups excluding tert-OH is 2. The van der Waals surface area contributed by atoms with E-state index in [0.717, 1.165) is 30.6 Å². The molecule has 0 saturated carbocycles. The Morgan fingerprint density at radius 2 is 1.87 bits per heavy atom. The van der Waals surface area contributed by atoms with Gasteiger partial charge in [0.25, 0.3) is 0 Å². The number of ether oxygens (including phenoxy) is 6. The van der Waals surface area contributed by atoms with Crippen molar-refractivity contribution in [3.05, 3.63) is 77.0 Å². The summed E-state index contributed by atoms with van der Waals surface area (Å²) in [6.07, 6.45) is -5.32. The summed E-state index contributed by atoms with van der Waals surface area (Å²) < 4.78 is 35.5. The number of aromatic nitrogens is 1. The molecule has 0 radical (unpaired) electrons. The second kappa shape index (κ2) is 22.9. The summed E-state index contributed by atoms with van der Waals surface area (Å²) in [6.45, 7) is 8.84. The van der Waals surface area contributed by atoms with Crippen molar-refractivity contribution in [1.29, 1.82) is 0 Å². The van der Waals surface area contributed by atoms with E-state index in [2.05, 4.69) is 39.3 Å². The van der Waals surface area contributed by atoms with Crippen molar-refractivity contribution in [1.82, 2.24) is 15.6 Å². The lowest BCUT2D eigenvalue weighted by molar-refractivity contribution is -0.322. The van der Waals surface area contributed by atoms with Gasteiger partial charge in [-0.25, -0.2) is 4.79 Å². The number of para-hydroxylation sites is 1. The smallest absolute Gasteiger partial charge is 0.411 e. The predicted molar refractivity (Wildman–Crippen MR) is 255 cm³/mol. The maximum atomic E-state index is 15.4. The number of hydrogen-bond donors (Lipinski definition) is 6. The minimum absolute atomic E-state index is 0.0516. The molecule has 1 amide bonds. The van der Waals surface area contributed by atoms with Crippen LogP contribution in [0.2, 0.25) is 0 Å². The average molecular weight is 960 g/mol. The molecule has 358 valence electrons. The maximum absolute atomic E-state index is 15.4. The largest absolute Gasteiger partial charge is 0.508 e. The first-order valence-electron chi connectivity index (χ1n) is 21.7. The molecule has 3 heterocycles. The molecule has 0 spiro atoms. The Hall–Kier alpha value is -4.96. The monoisotopic (exact) mass is 959 g/mol. The van der Waals surface area contributed by atoms with Crippen molar-refractivity contribution >= 4 is 68.1 Å². The summed E-state index contributed by atoms with van der Waals surface area (Å²) in [5, 5.41) is 41.9. The van der Waals surface area contributed by atoms with E-state index in [0.29, 0.717) is 21.8 Å². The minimum Gasteiger partial charge on any atom is -0.508 e. The number of methoxy groups -OCH3 is 2. The molecule has 10 atom stereocenters. The molecular weight excluding hydrogens is 903 g/mol. The van der Waals surface area contributed by atoms with E-state index < -0.39 is 78.0 Å². The van der Waals surface area contributed by atoms with Crippen LogP contribution in [0.15, 0.2) is 71.5 Å². The zero-order valence-electron chi connectivity index (χ0n) is 38.5. The Kier molecular flexibility index (Phi) is 17.6. The molecule has 6 N–H and O–H groups in total. The third kappa shape index (κ3) is 11.3. The number of H-pyrrole nitrogens is 1. The number of hydrogen-bond acceptors (Lipinski definition) is 16. The van der Waals surface area contributed by atoms with Gasteiger partial charge in [0, 0.05) is 66.1 Å². The zero-order chi connectivity index (χ0) is 48.6. The number of aromatic hydroxyl groups is 1. The molecule has 18 heteroatoms. The number of aromatic amines is 1. The molecule has 2 fully saturated rings. The fourth-order valence-electron chi connectivity index (χ4n) is 8.65. The number of allylic oxidation sites excluding steroid dienone is 3. The Balaban J connectivity index is 1.50. The van der Waals surface area contributed by atoms with Gasteiger partial charge in [-0.15, -0.1) is 17.7 Å². The molecule has 3 aromatic rings. The van der Waals surface area contributed by atoms with Crippen LogP contribution in [0.25, 0.3) is 21.8 Å². The second-order valence-corrected chi connectivity index (χ2v) is 18.6. The standard InChI is InChI=1S/C49H57N3O13S2/c1-9-10-11-12-13-17-38(41-31(20-21-67-28(5)53)36(55)23-37(56)43(41)52-48(59)61-7)64-47-44(65-40-24-39(60-6)35(25-62-40)50-26(2)3)46(58)49(66-8,27(4)63-47)45(57)32-16-14-15-30-33-22-29(54)18-19-34(33)51-42(30)32/h11-12,14-16,18-20,22,26-27,35-36,38-40,44,46-47,50-51,54-55,58H,21,23-25H2,1-8H3,(H,52,59)/b12-11-,31-20-/t27?,35?,36-,38-,39?,40?,44?,46?,47?,49?/m0/s1. The number of nitrogens with one attached hydrogen (secondary N) is 3. The van der Waals surface area contributed by atoms with Gasteiger partial charge in [-0.2, -0.15) is 0 Å². The lowest BCUT2D eigenvalue weighted by Crippen LogP contribution is -2.68. The number of Topliss-reactive ketones (excluding diaryl/α,β-unsaturated/α-hetero) is 2. The van der Waals surface area contributed by atoms with E-state index in [1.807, 2.05) is 19.9 Å². The van der Waals surface area contributed by atoms with E-state index in [4.69, 9.17) is 28.4 Å². The highest BCUT2D eigenvalue weighted by molar-refractivity contribution is 8.13. The van der Waals surface area contributed by atoms with E-state index >= 15 is 4.79 Å². The molecule has 8 unspecified atom stereocenters. The normalized spacial score (nSPS) is 27.7. The highest BCUT2D eigenvalue weighted by Gasteiger charge is 2.61. The number of carbonyl (C=O) groups is 4. The lowest BCUT2D eigenvalue weighted by atomic mass is 9.81. The van der Waals surface area contributed by atoms with E-state index in [9.17, 15) is 29.7 Å². The molecule has 2 aromatic carbocycles. The molecular formula is C49H57N3O13S2. The second-order valence-electron chi connectivity index (χ2n) is 16.3. The summed E-state index contributed by atoms with van der Waals surface area (Å²) in [7, 11) is 2.70. The maximum Gasteiger partial charge on any atom is 0.411 e. The van der Waals surface area contributed by atoms with Crippen molar-refractivity contribution < 1.29 is 62.9 Å². The number of phenols is 1. The van der Waals surface area contributed by atoms with Gasteiger partial charge in [-0.05, 0) is 62.1 Å². The third-order valence-electron chi connectivity index (χ3n) is 11.8. The summed E-state index contributed by atoms with van der Waals surface area (Å²) >= 11 is 2.03. The molecule has 1 aliphatic carbocycles. The summed E-state index contributed by atoms with van der Waals surface area (Å²) in [6, 6.07) is 9.97. The number of alkyl carbamates (subject to hydrolysis) is 1. The molecule has 3 aliphatic rings. The van der Waals surface area contributed by atoms with Crippen LogP contribution >= 0.6 is 23.5 Å². The highest BCUT2D eigenvalue weighted by atomic mass is 32.2. The Morgan fingerprint density at radius 3 is 2.55 bits per heavy atom. The number of aliphatic hydroxyl groups is 2. The number of amides is 1. The zero-order valence-corrected chi connectivity index (χ0v) is 40.2. The minimum atomic E-state index is -1.76. The van der Waals surface area contributed by atoms with E-state index in [1.165, 1.54) is 19.1 Å². The van der Waals surface area contributed by atoms with Crippen LogP contribution in [0.5, 0.6) is 5.75 Å². The topological polar surface area (TPSA) is 224 Å².